The second kappa shape index (κ2) is 6.48. The Hall–Kier alpha value is -1.25. The Morgan fingerprint density at radius 1 is 1.29 bits per heavy atom. The van der Waals surface area contributed by atoms with Crippen LogP contribution in [0.5, 0.6) is 0 Å². The van der Waals surface area contributed by atoms with Gasteiger partial charge in [0.25, 0.3) is 0 Å². The molecule has 1 atom stereocenters. The van der Waals surface area contributed by atoms with E-state index in [4.69, 9.17) is 0 Å². The van der Waals surface area contributed by atoms with Crippen molar-refractivity contribution in [1.29, 1.82) is 0 Å². The highest BCUT2D eigenvalue weighted by Crippen LogP contribution is 2.19. The van der Waals surface area contributed by atoms with Crippen molar-refractivity contribution in [1.82, 2.24) is 0 Å². The largest absolute Gasteiger partial charge is 0.300 e. The summed E-state index contributed by atoms with van der Waals surface area (Å²) in [6, 6.07) is 3.85. The van der Waals surface area contributed by atoms with Crippen molar-refractivity contribution in [2.75, 3.05) is 0 Å². The van der Waals surface area contributed by atoms with Crippen molar-refractivity contribution in [3.05, 3.63) is 35.4 Å². The van der Waals surface area contributed by atoms with Crippen molar-refractivity contribution in [3.63, 3.8) is 0 Å². The second-order valence-corrected chi connectivity index (χ2v) is 4.50. The fraction of sp³-hybridized carbons (Fsp3) is 0.500. The predicted octanol–water partition coefficient (Wildman–Crippen LogP) is 3.90. The Balaban J connectivity index is 2.62. The zero-order valence-electron chi connectivity index (χ0n) is 10.3. The van der Waals surface area contributed by atoms with Crippen LogP contribution < -0.4 is 0 Å². The highest BCUT2D eigenvalue weighted by atomic mass is 19.1. The molecule has 17 heavy (non-hydrogen) atoms. The lowest BCUT2D eigenvalue weighted by atomic mass is 9.94. The summed E-state index contributed by atoms with van der Waals surface area (Å²) in [4.78, 5) is 11.4. The van der Waals surface area contributed by atoms with Crippen molar-refractivity contribution in [3.8, 4) is 0 Å². The van der Waals surface area contributed by atoms with E-state index in [0.29, 0.717) is 12.8 Å². The summed E-state index contributed by atoms with van der Waals surface area (Å²) in [5, 5.41) is 0. The van der Waals surface area contributed by atoms with E-state index >= 15 is 0 Å². The zero-order valence-corrected chi connectivity index (χ0v) is 10.3. The maximum atomic E-state index is 13.4. The molecular weight excluding hydrogens is 222 g/mol. The number of hydrogen-bond donors (Lipinski definition) is 0. The quantitative estimate of drug-likeness (QED) is 0.737. The normalized spacial score (nSPS) is 12.5. The highest BCUT2D eigenvalue weighted by Gasteiger charge is 2.14. The molecular formula is C14H18F2O. The third kappa shape index (κ3) is 4.25. The second-order valence-electron chi connectivity index (χ2n) is 4.50. The van der Waals surface area contributed by atoms with E-state index in [-0.39, 0.29) is 23.7 Å². The van der Waals surface area contributed by atoms with Crippen LogP contribution in [0.3, 0.4) is 0 Å². The molecule has 0 saturated carbocycles. The fourth-order valence-corrected chi connectivity index (χ4v) is 1.92. The molecule has 0 aromatic heterocycles. The van der Waals surface area contributed by atoms with E-state index in [0.717, 1.165) is 6.42 Å². The molecule has 0 amide bonds. The topological polar surface area (TPSA) is 17.1 Å². The molecule has 94 valence electrons. The molecule has 0 fully saturated rings. The fourth-order valence-electron chi connectivity index (χ4n) is 1.92. The van der Waals surface area contributed by atoms with Crippen LogP contribution in [-0.2, 0) is 11.2 Å². The van der Waals surface area contributed by atoms with Gasteiger partial charge in [-0.1, -0.05) is 19.9 Å². The van der Waals surface area contributed by atoms with Gasteiger partial charge in [0.1, 0.15) is 17.4 Å². The summed E-state index contributed by atoms with van der Waals surface area (Å²) >= 11 is 0. The number of halogens is 2. The van der Waals surface area contributed by atoms with Gasteiger partial charge in [-0.3, -0.25) is 4.79 Å². The van der Waals surface area contributed by atoms with Crippen molar-refractivity contribution < 1.29 is 13.6 Å². The summed E-state index contributed by atoms with van der Waals surface area (Å²) in [7, 11) is 0. The summed E-state index contributed by atoms with van der Waals surface area (Å²) in [5.41, 5.74) is 0.0873. The third-order valence-corrected chi connectivity index (χ3v) is 2.72. The summed E-state index contributed by atoms with van der Waals surface area (Å²) < 4.78 is 26.7. The number of hydrogen-bond acceptors (Lipinski definition) is 1. The lowest BCUT2D eigenvalue weighted by Crippen LogP contribution is -2.10. The Morgan fingerprint density at radius 2 is 1.88 bits per heavy atom. The van der Waals surface area contributed by atoms with Gasteiger partial charge in [0.05, 0.1) is 0 Å². The van der Waals surface area contributed by atoms with Crippen molar-refractivity contribution >= 4 is 5.78 Å². The Labute approximate surface area is 101 Å². The first-order valence-electron chi connectivity index (χ1n) is 5.99. The monoisotopic (exact) mass is 240 g/mol. The van der Waals surface area contributed by atoms with Gasteiger partial charge < -0.3 is 0 Å². The van der Waals surface area contributed by atoms with E-state index in [1.54, 1.807) is 0 Å². The van der Waals surface area contributed by atoms with Crippen LogP contribution >= 0.6 is 0 Å². The van der Waals surface area contributed by atoms with Crippen LogP contribution in [0.15, 0.2) is 18.2 Å². The predicted molar refractivity (Wildman–Crippen MR) is 63.8 cm³/mol. The lowest BCUT2D eigenvalue weighted by Gasteiger charge is -2.11. The molecule has 0 N–H and O–H groups in total. The smallest absolute Gasteiger partial charge is 0.133 e. The molecule has 0 bridgehead atoms. The van der Waals surface area contributed by atoms with Gasteiger partial charge >= 0.3 is 0 Å². The number of benzene rings is 1. The van der Waals surface area contributed by atoms with Crippen LogP contribution in [-0.4, -0.2) is 5.78 Å². The lowest BCUT2D eigenvalue weighted by molar-refractivity contribution is -0.119. The van der Waals surface area contributed by atoms with E-state index in [1.165, 1.54) is 18.2 Å². The van der Waals surface area contributed by atoms with Crippen LogP contribution in [0.2, 0.25) is 0 Å². The van der Waals surface area contributed by atoms with E-state index < -0.39 is 11.6 Å². The molecule has 1 nitrogen and oxygen atoms in total. The van der Waals surface area contributed by atoms with E-state index in [1.807, 2.05) is 13.8 Å². The number of Topliss-reactive ketones (excluding diaryl/α,β-unsaturated/α-hetero) is 1. The molecule has 0 heterocycles. The molecule has 1 aromatic carbocycles. The van der Waals surface area contributed by atoms with Crippen LogP contribution in [0.1, 0.15) is 38.7 Å². The maximum absolute atomic E-state index is 13.4. The average molecular weight is 240 g/mol. The number of ketones is 1. The van der Waals surface area contributed by atoms with Gasteiger partial charge in [-0.25, -0.2) is 8.78 Å². The molecule has 0 aliphatic heterocycles. The molecule has 1 unspecified atom stereocenters. The molecule has 0 aliphatic rings. The first kappa shape index (κ1) is 13.8. The molecule has 3 heteroatoms. The minimum Gasteiger partial charge on any atom is -0.300 e. The van der Waals surface area contributed by atoms with Crippen molar-refractivity contribution in [2.45, 2.75) is 39.5 Å². The Kier molecular flexibility index (Phi) is 5.26. The third-order valence-electron chi connectivity index (χ3n) is 2.72. The van der Waals surface area contributed by atoms with Crippen LogP contribution in [0, 0.1) is 17.6 Å². The summed E-state index contributed by atoms with van der Waals surface area (Å²) in [6.07, 6.45) is 2.03. The Morgan fingerprint density at radius 3 is 2.41 bits per heavy atom. The van der Waals surface area contributed by atoms with Gasteiger partial charge in [-0.2, -0.15) is 0 Å². The number of rotatable bonds is 6. The maximum Gasteiger partial charge on any atom is 0.133 e. The first-order valence-corrected chi connectivity index (χ1v) is 5.99. The minimum atomic E-state index is -0.528. The minimum absolute atomic E-state index is 0.0274. The van der Waals surface area contributed by atoms with E-state index in [2.05, 4.69) is 0 Å². The zero-order chi connectivity index (χ0) is 12.8. The molecule has 0 spiro atoms. The molecule has 0 radical (unpaired) electrons. The van der Waals surface area contributed by atoms with Gasteiger partial charge in [0.2, 0.25) is 0 Å². The molecule has 1 rings (SSSR count). The van der Waals surface area contributed by atoms with Gasteiger partial charge in [-0.15, -0.1) is 0 Å². The number of carbonyl (C=O) groups is 1. The van der Waals surface area contributed by atoms with Crippen LogP contribution in [0.4, 0.5) is 8.78 Å². The summed E-state index contributed by atoms with van der Waals surface area (Å²) in [5.74, 6) is -0.920. The number of carbonyl (C=O) groups excluding carboxylic acids is 1. The van der Waals surface area contributed by atoms with Crippen molar-refractivity contribution in [2.24, 2.45) is 5.92 Å². The Bertz CT molecular complexity index is 368. The standard InChI is InChI=1S/C14H18F2O/c1-3-5-11(17)8-10(2)9-12-13(15)6-4-7-14(12)16/h4,6-7,10H,3,5,8-9H2,1-2H3. The van der Waals surface area contributed by atoms with Gasteiger partial charge in [0.15, 0.2) is 0 Å². The van der Waals surface area contributed by atoms with Gasteiger partial charge in [-0.05, 0) is 30.9 Å². The highest BCUT2D eigenvalue weighted by molar-refractivity contribution is 5.78. The molecule has 1 aromatic rings. The molecule has 0 aliphatic carbocycles. The van der Waals surface area contributed by atoms with Crippen LogP contribution in [0.25, 0.3) is 0 Å². The average Bonchev–Trinajstić information content (AvgIpc) is 2.24. The first-order chi connectivity index (χ1) is 8.04. The summed E-state index contributed by atoms with van der Waals surface area (Å²) in [6.45, 7) is 3.79. The van der Waals surface area contributed by atoms with Gasteiger partial charge in [0, 0.05) is 18.4 Å². The SMILES string of the molecule is CCCC(=O)CC(C)Cc1c(F)cccc1F. The van der Waals surface area contributed by atoms with E-state index in [9.17, 15) is 13.6 Å². The molecule has 0 saturated heterocycles.